The third-order valence-electron chi connectivity index (χ3n) is 8.12. The van der Waals surface area contributed by atoms with Crippen molar-refractivity contribution in [3.8, 4) is 0 Å². The predicted octanol–water partition coefficient (Wildman–Crippen LogP) is 8.52. The average Bonchev–Trinajstić information content (AvgIpc) is 3.08. The number of hydrogen-bond donors (Lipinski definition) is 0. The van der Waals surface area contributed by atoms with Crippen molar-refractivity contribution < 1.29 is 63.1 Å². The molecule has 0 spiro atoms. The van der Waals surface area contributed by atoms with E-state index in [9.17, 15) is 63.1 Å². The summed E-state index contributed by atoms with van der Waals surface area (Å²) in [7, 11) is 0. The molecule has 2 aliphatic rings. The molecule has 4 aromatic carbocycles. The van der Waals surface area contributed by atoms with E-state index in [-0.39, 0.29) is 9.80 Å². The molecular formula is C30H8Cl4F10N2O4. The Bertz CT molecular complexity index is 2040. The van der Waals surface area contributed by atoms with Gasteiger partial charge in [-0.15, -0.1) is 0 Å². The number of hydrogen-bond acceptors (Lipinski definition) is 4. The third-order valence-corrected chi connectivity index (χ3v) is 9.83. The number of carbonyl (C=O) groups is 4. The molecule has 2 heterocycles. The zero-order valence-electron chi connectivity index (χ0n) is 23.6. The second-order valence-corrected chi connectivity index (χ2v) is 12.1. The molecule has 6 rings (SSSR count). The lowest BCUT2D eigenvalue weighted by Crippen LogP contribution is -2.45. The number of halogens is 14. The van der Waals surface area contributed by atoms with E-state index in [0.717, 1.165) is 0 Å². The number of carbonyl (C=O) groups excluding carboxylic acids is 4. The molecule has 2 aliphatic heterocycles. The van der Waals surface area contributed by atoms with Gasteiger partial charge in [0.15, 0.2) is 46.5 Å². The molecule has 0 aliphatic carbocycles. The van der Waals surface area contributed by atoms with Crippen molar-refractivity contribution in [2.45, 2.75) is 12.8 Å². The van der Waals surface area contributed by atoms with Gasteiger partial charge < -0.3 is 0 Å². The van der Waals surface area contributed by atoms with E-state index in [0.29, 0.717) is 0 Å². The third kappa shape index (κ3) is 4.78. The van der Waals surface area contributed by atoms with Gasteiger partial charge in [0.1, 0.15) is 0 Å². The van der Waals surface area contributed by atoms with Crippen molar-refractivity contribution in [1.82, 2.24) is 9.80 Å². The van der Waals surface area contributed by atoms with Crippen LogP contribution in [0, 0.1) is 58.2 Å². The van der Waals surface area contributed by atoms with Crippen LogP contribution >= 0.6 is 46.4 Å². The Labute approximate surface area is 290 Å². The van der Waals surface area contributed by atoms with Gasteiger partial charge in [0.2, 0.25) is 11.6 Å². The van der Waals surface area contributed by atoms with Crippen molar-refractivity contribution in [1.29, 1.82) is 0 Å². The molecule has 6 nitrogen and oxygen atoms in total. The quantitative estimate of drug-likeness (QED) is 0.0850. The second-order valence-electron chi connectivity index (χ2n) is 10.6. The maximum absolute atomic E-state index is 14.4. The molecular weight excluding hydrogens is 784 g/mol. The van der Waals surface area contributed by atoms with E-state index < -0.39 is 172 Å². The molecule has 0 aromatic heterocycles. The highest BCUT2D eigenvalue weighted by Gasteiger charge is 2.46. The number of rotatable bonds is 6. The summed E-state index contributed by atoms with van der Waals surface area (Å²) >= 11 is 25.5. The molecule has 4 aromatic rings. The lowest BCUT2D eigenvalue weighted by Gasteiger charge is -2.34. The molecule has 0 unspecified atom stereocenters. The molecule has 0 fully saturated rings. The Balaban J connectivity index is 1.46. The minimum Gasteiger partial charge on any atom is -0.274 e. The summed E-state index contributed by atoms with van der Waals surface area (Å²) in [6.07, 6.45) is -2.24. The van der Waals surface area contributed by atoms with Gasteiger partial charge in [-0.05, 0) is 12.8 Å². The standard InChI is InChI=1S/C30H8Cl4F10N2O4/c31-13-9-7-8-11(15(13)33)29(49)46(4-2-6-19(37)23(41)26(44)24(42)20(6)38)30(50)12(8)16(34)14(32)10(7)28(48)45(27(9)47)3-1-5-17(35)21(39)25(43)22(40)18(5)36/h1-4H2. The first-order valence-electron chi connectivity index (χ1n) is 13.4. The highest BCUT2D eigenvalue weighted by molar-refractivity contribution is 6.54. The number of nitrogens with zero attached hydrogens (tertiary/aromatic N) is 2. The van der Waals surface area contributed by atoms with Gasteiger partial charge in [0.25, 0.3) is 23.6 Å². The highest BCUT2D eigenvalue weighted by atomic mass is 35.5. The van der Waals surface area contributed by atoms with Gasteiger partial charge in [-0.1, -0.05) is 46.4 Å². The first-order chi connectivity index (χ1) is 23.4. The summed E-state index contributed by atoms with van der Waals surface area (Å²) in [5.74, 6) is -28.5. The van der Waals surface area contributed by atoms with E-state index in [4.69, 9.17) is 46.4 Å². The summed E-state index contributed by atoms with van der Waals surface area (Å²) in [6, 6.07) is 0. The summed E-state index contributed by atoms with van der Waals surface area (Å²) in [5.41, 5.74) is -5.55. The van der Waals surface area contributed by atoms with Crippen LogP contribution in [0.4, 0.5) is 43.9 Å². The van der Waals surface area contributed by atoms with Crippen LogP contribution in [-0.4, -0.2) is 46.5 Å². The summed E-state index contributed by atoms with van der Waals surface area (Å²) in [6.45, 7) is -2.07. The van der Waals surface area contributed by atoms with Crippen molar-refractivity contribution in [3.63, 3.8) is 0 Å². The van der Waals surface area contributed by atoms with E-state index >= 15 is 0 Å². The van der Waals surface area contributed by atoms with Gasteiger partial charge in [-0.25, -0.2) is 43.9 Å². The van der Waals surface area contributed by atoms with Crippen LogP contribution in [0.2, 0.25) is 20.1 Å². The van der Waals surface area contributed by atoms with Crippen LogP contribution in [0.25, 0.3) is 10.8 Å². The molecule has 0 saturated heterocycles. The monoisotopic (exact) mass is 790 g/mol. The molecule has 0 bridgehead atoms. The molecule has 260 valence electrons. The smallest absolute Gasteiger partial charge is 0.262 e. The Morgan fingerprint density at radius 1 is 0.360 bits per heavy atom. The predicted molar refractivity (Wildman–Crippen MR) is 155 cm³/mol. The minimum absolute atomic E-state index is 0.269. The van der Waals surface area contributed by atoms with Gasteiger partial charge in [0, 0.05) is 35.0 Å². The fraction of sp³-hybridized carbons (Fsp3) is 0.133. The highest BCUT2D eigenvalue weighted by Crippen LogP contribution is 2.50. The van der Waals surface area contributed by atoms with Crippen LogP contribution in [-0.2, 0) is 12.8 Å². The zero-order valence-corrected chi connectivity index (χ0v) is 26.7. The average molecular weight is 792 g/mol. The Hall–Kier alpha value is -4.12. The Morgan fingerprint density at radius 3 is 0.780 bits per heavy atom. The molecule has 0 saturated carbocycles. The van der Waals surface area contributed by atoms with E-state index in [1.54, 1.807) is 0 Å². The molecule has 0 N–H and O–H groups in total. The number of benzene rings is 4. The molecule has 50 heavy (non-hydrogen) atoms. The van der Waals surface area contributed by atoms with Crippen molar-refractivity contribution in [2.24, 2.45) is 0 Å². The SMILES string of the molecule is O=C1c2c(Cl)c(Cl)c3c4c(c(Cl)c(Cl)c(c24)C(=O)N1CCc1c(F)c(F)c(F)c(F)c1F)C(=O)N(CCc1c(F)c(F)c(F)c(F)c1F)C3=O. The summed E-state index contributed by atoms with van der Waals surface area (Å²) in [4.78, 5) is 55.2. The first-order valence-corrected chi connectivity index (χ1v) is 15.0. The first kappa shape index (κ1) is 35.7. The number of imide groups is 2. The molecule has 20 heteroatoms. The maximum atomic E-state index is 14.4. The lowest BCUT2D eigenvalue weighted by atomic mass is 9.85. The minimum atomic E-state index is -2.45. The Morgan fingerprint density at radius 2 is 0.560 bits per heavy atom. The zero-order chi connectivity index (χ0) is 37.0. The van der Waals surface area contributed by atoms with Crippen molar-refractivity contribution >= 4 is 80.8 Å². The fourth-order valence-corrected chi connectivity index (χ4v) is 6.83. The van der Waals surface area contributed by atoms with Crippen LogP contribution in [0.3, 0.4) is 0 Å². The summed E-state index contributed by atoms with van der Waals surface area (Å²) < 4.78 is 140. The maximum Gasteiger partial charge on any atom is 0.262 e. The van der Waals surface area contributed by atoms with E-state index in [1.165, 1.54) is 0 Å². The van der Waals surface area contributed by atoms with Crippen LogP contribution < -0.4 is 0 Å². The lowest BCUT2D eigenvalue weighted by molar-refractivity contribution is 0.0590. The van der Waals surface area contributed by atoms with Crippen molar-refractivity contribution in [3.05, 3.63) is 112 Å². The summed E-state index contributed by atoms with van der Waals surface area (Å²) in [5, 5.41) is -4.16. The van der Waals surface area contributed by atoms with Gasteiger partial charge >= 0.3 is 0 Å². The number of amides is 4. The molecule has 0 atom stereocenters. The van der Waals surface area contributed by atoms with Gasteiger partial charge in [-0.2, -0.15) is 0 Å². The van der Waals surface area contributed by atoms with Crippen molar-refractivity contribution in [2.75, 3.05) is 13.1 Å². The van der Waals surface area contributed by atoms with Crippen LogP contribution in [0.15, 0.2) is 0 Å². The van der Waals surface area contributed by atoms with Crippen LogP contribution in [0.5, 0.6) is 0 Å². The Kier molecular flexibility index (Phi) is 8.77. The van der Waals surface area contributed by atoms with Crippen LogP contribution in [0.1, 0.15) is 52.6 Å². The van der Waals surface area contributed by atoms with E-state index in [1.807, 2.05) is 0 Å². The van der Waals surface area contributed by atoms with Gasteiger partial charge in [0.05, 0.1) is 42.3 Å². The normalized spacial score (nSPS) is 14.2. The molecule has 0 radical (unpaired) electrons. The molecule has 4 amide bonds. The topological polar surface area (TPSA) is 74.8 Å². The fourth-order valence-electron chi connectivity index (χ4n) is 5.75. The second kappa shape index (κ2) is 12.3. The van der Waals surface area contributed by atoms with Gasteiger partial charge in [-0.3, -0.25) is 29.0 Å². The van der Waals surface area contributed by atoms with E-state index in [2.05, 4.69) is 0 Å². The largest absolute Gasteiger partial charge is 0.274 e.